The second kappa shape index (κ2) is 11.7. The maximum Gasteiger partial charge on any atom is 0.242 e. The molecule has 8 heteroatoms. The molecule has 1 rings (SSSR count). The Morgan fingerprint density at radius 3 is 2.40 bits per heavy atom. The maximum atomic E-state index is 12.4. The van der Waals surface area contributed by atoms with Crippen molar-refractivity contribution in [2.24, 2.45) is 10.9 Å². The zero-order valence-electron chi connectivity index (χ0n) is 15.7. The van der Waals surface area contributed by atoms with Crippen LogP contribution in [0.5, 0.6) is 0 Å². The summed E-state index contributed by atoms with van der Waals surface area (Å²) in [6.07, 6.45) is 2.23. The number of hydrogen-bond acceptors (Lipinski definition) is 3. The minimum atomic E-state index is -3.46. The molecule has 0 spiro atoms. The van der Waals surface area contributed by atoms with E-state index in [-0.39, 0.29) is 24.0 Å². The van der Waals surface area contributed by atoms with Crippen LogP contribution >= 0.6 is 24.0 Å². The first-order chi connectivity index (χ1) is 11.3. The van der Waals surface area contributed by atoms with E-state index in [1.165, 1.54) is 18.4 Å². The molecule has 6 nitrogen and oxygen atoms in total. The van der Waals surface area contributed by atoms with Gasteiger partial charge in [0.05, 0.1) is 4.90 Å². The molecule has 144 valence electrons. The van der Waals surface area contributed by atoms with Crippen molar-refractivity contribution in [3.8, 4) is 0 Å². The van der Waals surface area contributed by atoms with E-state index in [2.05, 4.69) is 29.5 Å². The minimum Gasteiger partial charge on any atom is -0.356 e. The van der Waals surface area contributed by atoms with Crippen molar-refractivity contribution < 1.29 is 8.42 Å². The molecule has 0 aromatic heterocycles. The van der Waals surface area contributed by atoms with E-state index in [9.17, 15) is 8.42 Å². The standard InChI is InChI=1S/C17H30N4O2S.HI/c1-14(2)9-8-12-19-17(18-3)20-13-15-10-6-7-11-16(15)24(22,23)21(4)5;/h6-7,10-11,14H,8-9,12-13H2,1-5H3,(H2,18,19,20);1H. The lowest BCUT2D eigenvalue weighted by Crippen LogP contribution is -2.37. The Bertz CT molecular complexity index is 646. The van der Waals surface area contributed by atoms with Gasteiger partial charge < -0.3 is 10.6 Å². The average Bonchev–Trinajstić information content (AvgIpc) is 2.54. The highest BCUT2D eigenvalue weighted by atomic mass is 127. The largest absolute Gasteiger partial charge is 0.356 e. The van der Waals surface area contributed by atoms with Crippen LogP contribution in [0, 0.1) is 5.92 Å². The zero-order valence-corrected chi connectivity index (χ0v) is 18.9. The summed E-state index contributed by atoms with van der Waals surface area (Å²) in [4.78, 5) is 4.50. The molecule has 0 unspecified atom stereocenters. The van der Waals surface area contributed by atoms with Crippen LogP contribution in [0.25, 0.3) is 0 Å². The molecule has 2 N–H and O–H groups in total. The number of nitrogens with one attached hydrogen (secondary N) is 2. The quantitative estimate of drug-likeness (QED) is 0.259. The smallest absolute Gasteiger partial charge is 0.242 e. The number of sulfonamides is 1. The monoisotopic (exact) mass is 482 g/mol. The molecule has 0 saturated heterocycles. The van der Waals surface area contributed by atoms with Gasteiger partial charge in [0.25, 0.3) is 0 Å². The molecule has 0 heterocycles. The predicted octanol–water partition coefficient (Wildman–Crippen LogP) is 2.66. The molecule has 25 heavy (non-hydrogen) atoms. The summed E-state index contributed by atoms with van der Waals surface area (Å²) in [5, 5.41) is 6.44. The summed E-state index contributed by atoms with van der Waals surface area (Å²) in [7, 11) is 1.32. The van der Waals surface area contributed by atoms with Gasteiger partial charge in [-0.3, -0.25) is 4.99 Å². The third kappa shape index (κ3) is 7.91. The van der Waals surface area contributed by atoms with Crippen LogP contribution in [0.4, 0.5) is 0 Å². The Morgan fingerprint density at radius 2 is 1.84 bits per heavy atom. The minimum absolute atomic E-state index is 0. The molecule has 1 aromatic carbocycles. The number of nitrogens with zero attached hydrogens (tertiary/aromatic N) is 2. The maximum absolute atomic E-state index is 12.4. The highest BCUT2D eigenvalue weighted by molar-refractivity contribution is 14.0. The van der Waals surface area contributed by atoms with Crippen LogP contribution in [0.1, 0.15) is 32.3 Å². The number of halogens is 1. The van der Waals surface area contributed by atoms with Gasteiger partial charge in [-0.2, -0.15) is 0 Å². The van der Waals surface area contributed by atoms with Gasteiger partial charge in [0, 0.05) is 34.2 Å². The number of hydrogen-bond donors (Lipinski definition) is 2. The van der Waals surface area contributed by atoms with Gasteiger partial charge in [0.1, 0.15) is 0 Å². The third-order valence-corrected chi connectivity index (χ3v) is 5.57. The van der Waals surface area contributed by atoms with E-state index in [1.54, 1.807) is 19.2 Å². The number of rotatable bonds is 8. The number of guanidine groups is 1. The summed E-state index contributed by atoms with van der Waals surface area (Å²) >= 11 is 0. The van der Waals surface area contributed by atoms with E-state index in [0.717, 1.165) is 24.9 Å². The molecule has 0 radical (unpaired) electrons. The SMILES string of the molecule is CN=C(NCCCC(C)C)NCc1ccccc1S(=O)(=O)N(C)C.I. The predicted molar refractivity (Wildman–Crippen MR) is 115 cm³/mol. The van der Waals surface area contributed by atoms with E-state index in [0.29, 0.717) is 23.3 Å². The fourth-order valence-corrected chi connectivity index (χ4v) is 3.33. The normalized spacial score (nSPS) is 12.2. The molecular formula is C17H31IN4O2S. The van der Waals surface area contributed by atoms with E-state index < -0.39 is 10.0 Å². The van der Waals surface area contributed by atoms with Gasteiger partial charge in [-0.25, -0.2) is 12.7 Å². The molecule has 0 atom stereocenters. The highest BCUT2D eigenvalue weighted by Crippen LogP contribution is 2.18. The van der Waals surface area contributed by atoms with Gasteiger partial charge in [0.15, 0.2) is 5.96 Å². The first-order valence-electron chi connectivity index (χ1n) is 8.24. The summed E-state index contributed by atoms with van der Waals surface area (Å²) in [6, 6.07) is 7.02. The van der Waals surface area contributed by atoms with Crippen molar-refractivity contribution in [3.05, 3.63) is 29.8 Å². The van der Waals surface area contributed by atoms with Crippen molar-refractivity contribution >= 4 is 40.0 Å². The number of benzene rings is 1. The molecule has 0 amide bonds. The Hall–Kier alpha value is -0.870. The second-order valence-corrected chi connectivity index (χ2v) is 8.40. The van der Waals surface area contributed by atoms with E-state index in [4.69, 9.17) is 0 Å². The van der Waals surface area contributed by atoms with Crippen LogP contribution in [-0.2, 0) is 16.6 Å². The highest BCUT2D eigenvalue weighted by Gasteiger charge is 2.20. The van der Waals surface area contributed by atoms with Crippen molar-refractivity contribution in [2.45, 2.75) is 38.1 Å². The third-order valence-electron chi connectivity index (χ3n) is 3.65. The lowest BCUT2D eigenvalue weighted by atomic mass is 10.1. The summed E-state index contributed by atoms with van der Waals surface area (Å²) in [6.45, 7) is 5.65. The summed E-state index contributed by atoms with van der Waals surface area (Å²) in [5.74, 6) is 1.36. The Labute approximate surface area is 169 Å². The fraction of sp³-hybridized carbons (Fsp3) is 0.588. The lowest BCUT2D eigenvalue weighted by Gasteiger charge is -2.17. The molecule has 0 fully saturated rings. The van der Waals surface area contributed by atoms with E-state index in [1.807, 2.05) is 12.1 Å². The molecule has 0 aliphatic heterocycles. The summed E-state index contributed by atoms with van der Waals surface area (Å²) in [5.41, 5.74) is 0.719. The van der Waals surface area contributed by atoms with Crippen LogP contribution in [-0.4, -0.2) is 46.4 Å². The van der Waals surface area contributed by atoms with Crippen molar-refractivity contribution in [2.75, 3.05) is 27.7 Å². The van der Waals surface area contributed by atoms with Crippen molar-refractivity contribution in [1.82, 2.24) is 14.9 Å². The first kappa shape index (κ1) is 24.1. The topological polar surface area (TPSA) is 73.8 Å². The Balaban J connectivity index is 0.00000576. The van der Waals surface area contributed by atoms with Gasteiger partial charge in [-0.1, -0.05) is 32.0 Å². The average molecular weight is 482 g/mol. The van der Waals surface area contributed by atoms with Gasteiger partial charge in [-0.05, 0) is 30.4 Å². The number of aliphatic imine (C=N–C) groups is 1. The van der Waals surface area contributed by atoms with Gasteiger partial charge >= 0.3 is 0 Å². The van der Waals surface area contributed by atoms with Gasteiger partial charge in [0.2, 0.25) is 10.0 Å². The first-order valence-corrected chi connectivity index (χ1v) is 9.68. The van der Waals surface area contributed by atoms with Crippen LogP contribution in [0.15, 0.2) is 34.2 Å². The molecule has 0 bridgehead atoms. The fourth-order valence-electron chi connectivity index (χ4n) is 2.21. The summed E-state index contributed by atoms with van der Waals surface area (Å²) < 4.78 is 26.0. The van der Waals surface area contributed by atoms with Gasteiger partial charge in [-0.15, -0.1) is 24.0 Å². The zero-order chi connectivity index (χ0) is 18.2. The molecule has 0 aliphatic rings. The van der Waals surface area contributed by atoms with Crippen LogP contribution in [0.2, 0.25) is 0 Å². The van der Waals surface area contributed by atoms with Crippen molar-refractivity contribution in [3.63, 3.8) is 0 Å². The Morgan fingerprint density at radius 1 is 1.20 bits per heavy atom. The Kier molecular flexibility index (Phi) is 11.3. The molecular weight excluding hydrogens is 451 g/mol. The van der Waals surface area contributed by atoms with Crippen LogP contribution in [0.3, 0.4) is 0 Å². The van der Waals surface area contributed by atoms with E-state index >= 15 is 0 Å². The molecule has 0 saturated carbocycles. The lowest BCUT2D eigenvalue weighted by molar-refractivity contribution is 0.519. The second-order valence-electron chi connectivity index (χ2n) is 6.28. The molecule has 1 aromatic rings. The molecule has 0 aliphatic carbocycles. The van der Waals surface area contributed by atoms with Crippen LogP contribution < -0.4 is 10.6 Å². The van der Waals surface area contributed by atoms with Crippen molar-refractivity contribution in [1.29, 1.82) is 0 Å².